The average molecular weight is 383 g/mol. The monoisotopic (exact) mass is 382 g/mol. The number of aliphatic imine (C=N–C) groups is 1. The maximum absolute atomic E-state index is 6.23. The summed E-state index contributed by atoms with van der Waals surface area (Å²) in [6.07, 6.45) is 2.77. The molecule has 0 amide bonds. The second-order valence-electron chi connectivity index (χ2n) is 7.37. The van der Waals surface area contributed by atoms with Gasteiger partial charge in [-0.1, -0.05) is 19.1 Å². The molecule has 0 bridgehead atoms. The fraction of sp³-hybridized carbons (Fsp3) is 0.458. The molecule has 4 nitrogen and oxygen atoms in total. The fourth-order valence-electron chi connectivity index (χ4n) is 2.99. The Balaban J connectivity index is 2.28. The van der Waals surface area contributed by atoms with Gasteiger partial charge in [-0.2, -0.15) is 0 Å². The number of benzene rings is 2. The van der Waals surface area contributed by atoms with E-state index < -0.39 is 0 Å². The first-order chi connectivity index (χ1) is 13.3. The Morgan fingerprint density at radius 2 is 1.82 bits per heavy atom. The van der Waals surface area contributed by atoms with Crippen molar-refractivity contribution in [2.45, 2.75) is 53.6 Å². The lowest BCUT2D eigenvalue weighted by molar-refractivity contribution is -0.0324. The first kappa shape index (κ1) is 22.0. The van der Waals surface area contributed by atoms with Gasteiger partial charge in [-0.15, -0.1) is 0 Å². The van der Waals surface area contributed by atoms with Crippen LogP contribution in [-0.2, 0) is 10.3 Å². The van der Waals surface area contributed by atoms with Crippen molar-refractivity contribution < 1.29 is 9.47 Å². The van der Waals surface area contributed by atoms with Crippen molar-refractivity contribution >= 4 is 12.0 Å². The molecule has 0 aliphatic heterocycles. The van der Waals surface area contributed by atoms with Gasteiger partial charge in [-0.3, -0.25) is 0 Å². The first-order valence-corrected chi connectivity index (χ1v) is 10.1. The molecule has 0 aliphatic carbocycles. The van der Waals surface area contributed by atoms with Crippen molar-refractivity contribution in [3.63, 3.8) is 0 Å². The maximum Gasteiger partial charge on any atom is 0.130 e. The largest absolute Gasteiger partial charge is 0.457 e. The van der Waals surface area contributed by atoms with Crippen LogP contribution in [0.4, 0.5) is 5.69 Å². The topological polar surface area (TPSA) is 34.1 Å². The Bertz CT molecular complexity index is 816. The van der Waals surface area contributed by atoms with Crippen LogP contribution in [0.3, 0.4) is 0 Å². The van der Waals surface area contributed by atoms with Gasteiger partial charge < -0.3 is 14.4 Å². The van der Waals surface area contributed by atoms with Crippen molar-refractivity contribution in [2.75, 3.05) is 20.2 Å². The van der Waals surface area contributed by atoms with Crippen LogP contribution in [0.2, 0.25) is 0 Å². The van der Waals surface area contributed by atoms with E-state index in [9.17, 15) is 0 Å². The molecule has 0 aromatic heterocycles. The molecule has 0 fully saturated rings. The molecule has 0 saturated heterocycles. The molecule has 0 spiro atoms. The summed E-state index contributed by atoms with van der Waals surface area (Å²) in [6, 6.07) is 12.3. The molecule has 2 aromatic carbocycles. The molecule has 152 valence electrons. The van der Waals surface area contributed by atoms with E-state index in [1.807, 2.05) is 37.3 Å². The molecule has 2 rings (SSSR count). The van der Waals surface area contributed by atoms with Gasteiger partial charge in [0.1, 0.15) is 11.5 Å². The Morgan fingerprint density at radius 3 is 2.46 bits per heavy atom. The Hall–Kier alpha value is -2.33. The van der Waals surface area contributed by atoms with Gasteiger partial charge in [0.2, 0.25) is 0 Å². The van der Waals surface area contributed by atoms with Crippen LogP contribution in [0.5, 0.6) is 11.5 Å². The van der Waals surface area contributed by atoms with Crippen LogP contribution in [0.1, 0.15) is 50.8 Å². The van der Waals surface area contributed by atoms with E-state index in [0.29, 0.717) is 6.61 Å². The second kappa shape index (κ2) is 9.74. The van der Waals surface area contributed by atoms with E-state index in [1.165, 1.54) is 0 Å². The Morgan fingerprint density at radius 1 is 1.07 bits per heavy atom. The van der Waals surface area contributed by atoms with Gasteiger partial charge in [0.15, 0.2) is 0 Å². The SMILES string of the molecule is CCOC(C)(CC)c1cccc(Oc2cc(C)c(/N=C\N(C)CC)cc2C)c1. The average Bonchev–Trinajstić information content (AvgIpc) is 2.69. The van der Waals surface area contributed by atoms with Crippen LogP contribution < -0.4 is 4.74 Å². The third-order valence-corrected chi connectivity index (χ3v) is 5.20. The summed E-state index contributed by atoms with van der Waals surface area (Å²) in [5.74, 6) is 1.67. The molecular formula is C24H34N2O2. The quantitative estimate of drug-likeness (QED) is 0.373. The van der Waals surface area contributed by atoms with Gasteiger partial charge in [0.25, 0.3) is 0 Å². The van der Waals surface area contributed by atoms with Crippen molar-refractivity contribution in [1.82, 2.24) is 4.90 Å². The highest BCUT2D eigenvalue weighted by atomic mass is 16.5. The molecule has 1 unspecified atom stereocenters. The number of nitrogens with zero attached hydrogens (tertiary/aromatic N) is 2. The summed E-state index contributed by atoms with van der Waals surface area (Å²) in [4.78, 5) is 6.64. The number of ether oxygens (including phenoxy) is 2. The van der Waals surface area contributed by atoms with Gasteiger partial charge in [0.05, 0.1) is 17.6 Å². The zero-order valence-electron chi connectivity index (χ0n) is 18.4. The first-order valence-electron chi connectivity index (χ1n) is 10.1. The van der Waals surface area contributed by atoms with Crippen LogP contribution >= 0.6 is 0 Å². The fourth-order valence-corrected chi connectivity index (χ4v) is 2.99. The maximum atomic E-state index is 6.23. The predicted octanol–water partition coefficient (Wildman–Crippen LogP) is 6.37. The van der Waals surface area contributed by atoms with E-state index >= 15 is 0 Å². The van der Waals surface area contributed by atoms with E-state index in [2.05, 4.69) is 63.9 Å². The highest BCUT2D eigenvalue weighted by Crippen LogP contribution is 2.35. The van der Waals surface area contributed by atoms with Gasteiger partial charge in [0, 0.05) is 20.2 Å². The lowest BCUT2D eigenvalue weighted by Crippen LogP contribution is -2.24. The Kier molecular flexibility index (Phi) is 7.64. The van der Waals surface area contributed by atoms with Crippen LogP contribution in [0.15, 0.2) is 41.4 Å². The molecule has 0 heterocycles. The van der Waals surface area contributed by atoms with Crippen LogP contribution in [0.25, 0.3) is 0 Å². The van der Waals surface area contributed by atoms with Crippen molar-refractivity contribution in [1.29, 1.82) is 0 Å². The summed E-state index contributed by atoms with van der Waals surface area (Å²) >= 11 is 0. The molecule has 0 N–H and O–H groups in total. The van der Waals surface area contributed by atoms with Gasteiger partial charge >= 0.3 is 0 Å². The summed E-state index contributed by atoms with van der Waals surface area (Å²) in [5, 5.41) is 0. The third kappa shape index (κ3) is 5.35. The van der Waals surface area contributed by atoms with E-state index in [4.69, 9.17) is 9.47 Å². The summed E-state index contributed by atoms with van der Waals surface area (Å²) in [6.45, 7) is 14.1. The van der Waals surface area contributed by atoms with Crippen molar-refractivity contribution in [3.05, 3.63) is 53.1 Å². The van der Waals surface area contributed by atoms with Crippen LogP contribution in [0, 0.1) is 13.8 Å². The molecular weight excluding hydrogens is 348 g/mol. The highest BCUT2D eigenvalue weighted by Gasteiger charge is 2.25. The highest BCUT2D eigenvalue weighted by molar-refractivity contribution is 5.64. The minimum Gasteiger partial charge on any atom is -0.457 e. The lowest BCUT2D eigenvalue weighted by atomic mass is 9.93. The predicted molar refractivity (Wildman–Crippen MR) is 118 cm³/mol. The van der Waals surface area contributed by atoms with E-state index in [1.54, 1.807) is 0 Å². The van der Waals surface area contributed by atoms with Gasteiger partial charge in [-0.25, -0.2) is 4.99 Å². The minimum absolute atomic E-state index is 0.303. The number of hydrogen-bond donors (Lipinski definition) is 0. The molecule has 2 aromatic rings. The smallest absolute Gasteiger partial charge is 0.130 e. The molecule has 0 aliphatic rings. The third-order valence-electron chi connectivity index (χ3n) is 5.20. The number of aryl methyl sites for hydroxylation is 2. The Labute approximate surface area is 170 Å². The summed E-state index contributed by atoms with van der Waals surface area (Å²) < 4.78 is 12.2. The summed E-state index contributed by atoms with van der Waals surface area (Å²) in [5.41, 5.74) is 3.94. The van der Waals surface area contributed by atoms with Crippen LogP contribution in [-0.4, -0.2) is 31.4 Å². The molecule has 28 heavy (non-hydrogen) atoms. The standard InChI is InChI=1S/C24H34N2O2/c1-8-24(6,27-10-3)20-12-11-13-21(16-20)28-23-15-18(4)22(14-19(23)5)25-17-26(7)9-2/h11-17H,8-10H2,1-7H3/b25-17-. The van der Waals surface area contributed by atoms with Gasteiger partial charge in [-0.05, 0) is 82.0 Å². The molecule has 4 heteroatoms. The zero-order chi connectivity index (χ0) is 20.7. The number of rotatable bonds is 9. The van der Waals surface area contributed by atoms with Crippen molar-refractivity contribution in [2.24, 2.45) is 4.99 Å². The summed E-state index contributed by atoms with van der Waals surface area (Å²) in [7, 11) is 2.02. The second-order valence-corrected chi connectivity index (χ2v) is 7.37. The van der Waals surface area contributed by atoms with E-state index in [-0.39, 0.29) is 5.60 Å². The molecule has 1 atom stereocenters. The molecule has 0 saturated carbocycles. The minimum atomic E-state index is -0.303. The number of hydrogen-bond acceptors (Lipinski definition) is 3. The zero-order valence-corrected chi connectivity index (χ0v) is 18.4. The van der Waals surface area contributed by atoms with Crippen molar-refractivity contribution in [3.8, 4) is 11.5 Å². The normalized spacial score (nSPS) is 13.5. The van der Waals surface area contributed by atoms with E-state index in [0.717, 1.165) is 46.8 Å². The molecule has 0 radical (unpaired) electrons. The lowest BCUT2D eigenvalue weighted by Gasteiger charge is -2.29.